The summed E-state index contributed by atoms with van der Waals surface area (Å²) in [5, 5.41) is 1.33. The molecule has 0 unspecified atom stereocenters. The van der Waals surface area contributed by atoms with Gasteiger partial charge in [0.05, 0.1) is 5.52 Å². The van der Waals surface area contributed by atoms with Crippen LogP contribution in [0.3, 0.4) is 0 Å². The van der Waals surface area contributed by atoms with Gasteiger partial charge < -0.3 is 9.47 Å². The fraction of sp³-hybridized carbons (Fsp3) is 0.562. The second kappa shape index (κ2) is 4.97. The van der Waals surface area contributed by atoms with E-state index in [9.17, 15) is 0 Å². The van der Waals surface area contributed by atoms with E-state index < -0.39 is 0 Å². The van der Waals surface area contributed by atoms with Crippen LogP contribution in [0.1, 0.15) is 44.2 Å². The molecular formula is C16H23N3. The molecular weight excluding hydrogens is 234 g/mol. The van der Waals surface area contributed by atoms with E-state index in [4.69, 9.17) is 0 Å². The quantitative estimate of drug-likeness (QED) is 0.822. The molecule has 0 bridgehead atoms. The van der Waals surface area contributed by atoms with Crippen LogP contribution in [0.15, 0.2) is 24.7 Å². The van der Waals surface area contributed by atoms with Gasteiger partial charge in [-0.25, -0.2) is 0 Å². The smallest absolute Gasteiger partial charge is 0.0516 e. The average molecular weight is 257 g/mol. The first-order chi connectivity index (χ1) is 9.16. The Morgan fingerprint density at radius 1 is 1.26 bits per heavy atom. The van der Waals surface area contributed by atoms with Gasteiger partial charge in [0, 0.05) is 30.0 Å². The Hall–Kier alpha value is -1.35. The zero-order valence-corrected chi connectivity index (χ0v) is 12.1. The van der Waals surface area contributed by atoms with Crippen LogP contribution in [0.5, 0.6) is 0 Å². The van der Waals surface area contributed by atoms with Crippen LogP contribution in [0.4, 0.5) is 0 Å². The van der Waals surface area contributed by atoms with Gasteiger partial charge in [0.1, 0.15) is 0 Å². The highest BCUT2D eigenvalue weighted by Crippen LogP contribution is 2.32. The van der Waals surface area contributed by atoms with Crippen molar-refractivity contribution in [1.29, 1.82) is 0 Å². The maximum absolute atomic E-state index is 4.30. The van der Waals surface area contributed by atoms with E-state index in [1.165, 1.54) is 42.4 Å². The topological polar surface area (TPSA) is 21.1 Å². The first-order valence-corrected chi connectivity index (χ1v) is 7.30. The molecule has 0 aliphatic carbocycles. The lowest BCUT2D eigenvalue weighted by atomic mass is 10.0. The van der Waals surface area contributed by atoms with Gasteiger partial charge in [-0.1, -0.05) is 13.8 Å². The molecule has 0 aromatic carbocycles. The fourth-order valence-corrected chi connectivity index (χ4v) is 3.16. The SMILES string of the molecule is CC(C)c1cn(C2CCN(C)CC2)c2ccncc12. The van der Waals surface area contributed by atoms with E-state index in [2.05, 4.69) is 47.6 Å². The second-order valence-corrected chi connectivity index (χ2v) is 6.07. The normalized spacial score (nSPS) is 18.5. The molecule has 19 heavy (non-hydrogen) atoms. The summed E-state index contributed by atoms with van der Waals surface area (Å²) >= 11 is 0. The Morgan fingerprint density at radius 2 is 2.00 bits per heavy atom. The number of rotatable bonds is 2. The maximum Gasteiger partial charge on any atom is 0.0516 e. The molecule has 1 aliphatic rings. The highest BCUT2D eigenvalue weighted by Gasteiger charge is 2.21. The van der Waals surface area contributed by atoms with Crippen molar-refractivity contribution in [3.63, 3.8) is 0 Å². The van der Waals surface area contributed by atoms with Crippen LogP contribution in [0.2, 0.25) is 0 Å². The van der Waals surface area contributed by atoms with E-state index in [-0.39, 0.29) is 0 Å². The van der Waals surface area contributed by atoms with Crippen LogP contribution in [0, 0.1) is 0 Å². The third-order valence-corrected chi connectivity index (χ3v) is 4.37. The number of pyridine rings is 1. The molecule has 0 saturated carbocycles. The summed E-state index contributed by atoms with van der Waals surface area (Å²) in [5.74, 6) is 0.555. The molecule has 0 N–H and O–H groups in total. The molecule has 0 amide bonds. The minimum atomic E-state index is 0.555. The lowest BCUT2D eigenvalue weighted by molar-refractivity contribution is 0.224. The minimum Gasteiger partial charge on any atom is -0.344 e. The van der Waals surface area contributed by atoms with E-state index in [0.29, 0.717) is 12.0 Å². The summed E-state index contributed by atoms with van der Waals surface area (Å²) in [4.78, 5) is 6.73. The third-order valence-electron chi connectivity index (χ3n) is 4.37. The summed E-state index contributed by atoms with van der Waals surface area (Å²) in [6.07, 6.45) is 8.81. The molecule has 1 fully saturated rings. The van der Waals surface area contributed by atoms with E-state index in [0.717, 1.165) is 0 Å². The Morgan fingerprint density at radius 3 is 2.68 bits per heavy atom. The predicted molar refractivity (Wildman–Crippen MR) is 79.6 cm³/mol. The van der Waals surface area contributed by atoms with Gasteiger partial charge in [-0.05, 0) is 50.5 Å². The van der Waals surface area contributed by atoms with Gasteiger partial charge in [-0.15, -0.1) is 0 Å². The standard InChI is InChI=1S/C16H23N3/c1-12(2)15-11-19(13-5-8-18(3)9-6-13)16-4-7-17-10-14(15)16/h4,7,10-13H,5-6,8-9H2,1-3H3. The van der Waals surface area contributed by atoms with Crippen molar-refractivity contribution in [1.82, 2.24) is 14.5 Å². The molecule has 0 atom stereocenters. The largest absolute Gasteiger partial charge is 0.344 e. The first-order valence-electron chi connectivity index (χ1n) is 7.30. The monoisotopic (exact) mass is 257 g/mol. The number of piperidine rings is 1. The molecule has 3 heterocycles. The Bertz CT molecular complexity index is 562. The second-order valence-electron chi connectivity index (χ2n) is 6.07. The highest BCUT2D eigenvalue weighted by molar-refractivity contribution is 5.83. The molecule has 102 valence electrons. The van der Waals surface area contributed by atoms with Crippen molar-refractivity contribution in [2.45, 2.75) is 38.6 Å². The summed E-state index contributed by atoms with van der Waals surface area (Å²) in [5.41, 5.74) is 2.79. The molecule has 3 nitrogen and oxygen atoms in total. The van der Waals surface area contributed by atoms with Crippen molar-refractivity contribution in [3.05, 3.63) is 30.2 Å². The van der Waals surface area contributed by atoms with Crippen molar-refractivity contribution in [2.24, 2.45) is 0 Å². The zero-order valence-electron chi connectivity index (χ0n) is 12.1. The zero-order chi connectivity index (χ0) is 13.4. The van der Waals surface area contributed by atoms with E-state index in [1.54, 1.807) is 0 Å². The molecule has 2 aromatic heterocycles. The van der Waals surface area contributed by atoms with Crippen LogP contribution >= 0.6 is 0 Å². The van der Waals surface area contributed by atoms with Gasteiger partial charge in [0.2, 0.25) is 0 Å². The predicted octanol–water partition coefficient (Wildman–Crippen LogP) is 3.43. The molecule has 1 aliphatic heterocycles. The molecule has 2 aromatic rings. The van der Waals surface area contributed by atoms with Crippen molar-refractivity contribution >= 4 is 10.9 Å². The number of aromatic nitrogens is 2. The number of fused-ring (bicyclic) bond motifs is 1. The summed E-state index contributed by atoms with van der Waals surface area (Å²) in [6, 6.07) is 2.81. The molecule has 0 radical (unpaired) electrons. The van der Waals surface area contributed by atoms with Gasteiger partial charge in [-0.3, -0.25) is 4.98 Å². The molecule has 1 saturated heterocycles. The van der Waals surface area contributed by atoms with Crippen LogP contribution < -0.4 is 0 Å². The van der Waals surface area contributed by atoms with Crippen LogP contribution in [0.25, 0.3) is 10.9 Å². The third kappa shape index (κ3) is 2.27. The van der Waals surface area contributed by atoms with Gasteiger partial charge in [-0.2, -0.15) is 0 Å². The lowest BCUT2D eigenvalue weighted by Gasteiger charge is -2.30. The maximum atomic E-state index is 4.30. The minimum absolute atomic E-state index is 0.555. The van der Waals surface area contributed by atoms with Crippen molar-refractivity contribution in [3.8, 4) is 0 Å². The summed E-state index contributed by atoms with van der Waals surface area (Å²) in [6.45, 7) is 6.93. The van der Waals surface area contributed by atoms with Crippen LogP contribution in [-0.4, -0.2) is 34.6 Å². The van der Waals surface area contributed by atoms with E-state index in [1.807, 2.05) is 12.4 Å². The van der Waals surface area contributed by atoms with Gasteiger partial charge in [0.25, 0.3) is 0 Å². The summed E-state index contributed by atoms with van der Waals surface area (Å²) in [7, 11) is 2.22. The lowest BCUT2D eigenvalue weighted by Crippen LogP contribution is -2.31. The fourth-order valence-electron chi connectivity index (χ4n) is 3.16. The molecule has 3 heteroatoms. The number of likely N-dealkylation sites (tertiary alicyclic amines) is 1. The number of nitrogens with zero attached hydrogens (tertiary/aromatic N) is 3. The first kappa shape index (κ1) is 12.7. The highest BCUT2D eigenvalue weighted by atomic mass is 15.1. The van der Waals surface area contributed by atoms with E-state index >= 15 is 0 Å². The Balaban J connectivity index is 2.03. The van der Waals surface area contributed by atoms with Crippen LogP contribution in [-0.2, 0) is 0 Å². The van der Waals surface area contributed by atoms with Crippen molar-refractivity contribution in [2.75, 3.05) is 20.1 Å². The van der Waals surface area contributed by atoms with Gasteiger partial charge >= 0.3 is 0 Å². The Kier molecular flexibility index (Phi) is 3.31. The Labute approximate surface area is 115 Å². The average Bonchev–Trinajstić information content (AvgIpc) is 2.79. The number of hydrogen-bond acceptors (Lipinski definition) is 2. The number of hydrogen-bond donors (Lipinski definition) is 0. The van der Waals surface area contributed by atoms with Crippen molar-refractivity contribution < 1.29 is 0 Å². The molecule has 3 rings (SSSR count). The van der Waals surface area contributed by atoms with Gasteiger partial charge in [0.15, 0.2) is 0 Å². The molecule has 0 spiro atoms. The summed E-state index contributed by atoms with van der Waals surface area (Å²) < 4.78 is 2.50.